The lowest BCUT2D eigenvalue weighted by atomic mass is 10.1. The predicted octanol–water partition coefficient (Wildman–Crippen LogP) is 0.413. The number of hydrogen-bond donors (Lipinski definition) is 1. The van der Waals surface area contributed by atoms with Gasteiger partial charge in [0, 0.05) is 33.2 Å². The lowest BCUT2D eigenvalue weighted by Crippen LogP contribution is -2.41. The summed E-state index contributed by atoms with van der Waals surface area (Å²) in [4.78, 5) is 13.7. The number of hydrogen-bond acceptors (Lipinski definition) is 4. The molecule has 0 aliphatic carbocycles. The molecule has 1 N–H and O–H groups in total. The van der Waals surface area contributed by atoms with Crippen LogP contribution in [0.15, 0.2) is 0 Å². The number of carbonyl (C=O) groups is 1. The van der Waals surface area contributed by atoms with Crippen molar-refractivity contribution in [3.05, 3.63) is 0 Å². The first-order valence-electron chi connectivity index (χ1n) is 6.27. The molecule has 1 rings (SSSR count). The molecule has 0 saturated carbocycles. The normalized spacial score (nSPS) is 17.4. The molecule has 0 aromatic carbocycles. The van der Waals surface area contributed by atoms with Crippen molar-refractivity contribution in [2.75, 3.05) is 40.0 Å². The molecule has 0 radical (unpaired) electrons. The number of rotatable bonds is 7. The van der Waals surface area contributed by atoms with Crippen LogP contribution in [0.3, 0.4) is 0 Å². The van der Waals surface area contributed by atoms with Gasteiger partial charge in [-0.1, -0.05) is 0 Å². The first-order chi connectivity index (χ1) is 8.27. The summed E-state index contributed by atoms with van der Waals surface area (Å²) in [5.74, 6) is 0.211. The van der Waals surface area contributed by atoms with Gasteiger partial charge in [-0.25, -0.2) is 0 Å². The van der Waals surface area contributed by atoms with Crippen LogP contribution in [0.25, 0.3) is 0 Å². The molecular weight excluding hydrogens is 222 g/mol. The fraction of sp³-hybridized carbons (Fsp3) is 0.917. The number of methoxy groups -OCH3 is 1. The topological polar surface area (TPSA) is 59.0 Å². The van der Waals surface area contributed by atoms with Crippen LogP contribution >= 0.6 is 0 Å². The molecule has 0 aromatic rings. The van der Waals surface area contributed by atoms with Gasteiger partial charge < -0.3 is 19.5 Å². The van der Waals surface area contributed by atoms with Crippen molar-refractivity contribution in [1.82, 2.24) is 4.90 Å². The molecule has 5 nitrogen and oxygen atoms in total. The van der Waals surface area contributed by atoms with E-state index in [1.54, 1.807) is 7.11 Å². The zero-order valence-corrected chi connectivity index (χ0v) is 10.6. The van der Waals surface area contributed by atoms with Crippen LogP contribution in [0.4, 0.5) is 0 Å². The lowest BCUT2D eigenvalue weighted by Gasteiger charge is -2.32. The van der Waals surface area contributed by atoms with Gasteiger partial charge in [0.25, 0.3) is 0 Å². The van der Waals surface area contributed by atoms with Crippen molar-refractivity contribution in [2.24, 2.45) is 0 Å². The maximum absolute atomic E-state index is 11.8. The molecule has 1 fully saturated rings. The van der Waals surface area contributed by atoms with Crippen molar-refractivity contribution in [2.45, 2.75) is 31.8 Å². The van der Waals surface area contributed by atoms with Gasteiger partial charge in [0.15, 0.2) is 0 Å². The molecule has 1 heterocycles. The van der Waals surface area contributed by atoms with Crippen molar-refractivity contribution in [3.63, 3.8) is 0 Å². The molecule has 1 amide bonds. The Bertz CT molecular complexity index is 215. The van der Waals surface area contributed by atoms with Crippen LogP contribution in [0, 0.1) is 0 Å². The number of aliphatic hydroxyl groups excluding tert-OH is 1. The number of ether oxygens (including phenoxy) is 2. The molecular formula is C12H23NO4. The average molecular weight is 245 g/mol. The Balaban J connectivity index is 2.15. The van der Waals surface area contributed by atoms with Gasteiger partial charge in [-0.2, -0.15) is 0 Å². The third-order valence-electron chi connectivity index (χ3n) is 2.98. The van der Waals surface area contributed by atoms with E-state index in [-0.39, 0.29) is 18.6 Å². The van der Waals surface area contributed by atoms with E-state index < -0.39 is 0 Å². The molecule has 0 aromatic heterocycles. The summed E-state index contributed by atoms with van der Waals surface area (Å²) in [6.07, 6.45) is 3.29. The van der Waals surface area contributed by atoms with Gasteiger partial charge in [0.05, 0.1) is 19.3 Å². The van der Waals surface area contributed by atoms with Crippen LogP contribution in [-0.2, 0) is 14.3 Å². The van der Waals surface area contributed by atoms with Gasteiger partial charge in [-0.15, -0.1) is 0 Å². The number of carbonyl (C=O) groups excluding carboxylic acids is 1. The molecule has 1 saturated heterocycles. The fourth-order valence-corrected chi connectivity index (χ4v) is 2.02. The number of likely N-dealkylation sites (tertiary alicyclic amines) is 1. The van der Waals surface area contributed by atoms with E-state index in [0.717, 1.165) is 32.4 Å². The molecule has 100 valence electrons. The number of amides is 1. The maximum Gasteiger partial charge on any atom is 0.222 e. The van der Waals surface area contributed by atoms with E-state index in [1.165, 1.54) is 0 Å². The summed E-state index contributed by atoms with van der Waals surface area (Å²) < 4.78 is 10.4. The first kappa shape index (κ1) is 14.4. The Kier molecular flexibility index (Phi) is 7.16. The van der Waals surface area contributed by atoms with Crippen LogP contribution in [0.2, 0.25) is 0 Å². The van der Waals surface area contributed by atoms with Gasteiger partial charge >= 0.3 is 0 Å². The Morgan fingerprint density at radius 2 is 2.06 bits per heavy atom. The third kappa shape index (κ3) is 5.48. The largest absolute Gasteiger partial charge is 0.394 e. The molecule has 0 unspecified atom stereocenters. The van der Waals surface area contributed by atoms with Crippen LogP contribution in [0.1, 0.15) is 25.7 Å². The molecule has 0 atom stereocenters. The molecule has 1 aliphatic rings. The summed E-state index contributed by atoms with van der Waals surface area (Å²) in [6.45, 7) is 2.63. The van der Waals surface area contributed by atoms with E-state index in [4.69, 9.17) is 14.6 Å². The van der Waals surface area contributed by atoms with E-state index in [1.807, 2.05) is 4.90 Å². The molecule has 1 aliphatic heterocycles. The third-order valence-corrected chi connectivity index (χ3v) is 2.98. The Morgan fingerprint density at radius 3 is 2.65 bits per heavy atom. The minimum atomic E-state index is 0.0656. The SMILES string of the molecule is COCCCC(=O)N1CCC(OCCO)CC1. The van der Waals surface area contributed by atoms with Crippen molar-refractivity contribution in [3.8, 4) is 0 Å². The first-order valence-corrected chi connectivity index (χ1v) is 6.27. The second-order valence-electron chi connectivity index (χ2n) is 4.27. The van der Waals surface area contributed by atoms with E-state index in [0.29, 0.717) is 19.6 Å². The number of piperidine rings is 1. The van der Waals surface area contributed by atoms with Crippen molar-refractivity contribution >= 4 is 5.91 Å². The monoisotopic (exact) mass is 245 g/mol. The molecule has 0 bridgehead atoms. The Morgan fingerprint density at radius 1 is 1.35 bits per heavy atom. The highest BCUT2D eigenvalue weighted by molar-refractivity contribution is 5.76. The molecule has 0 spiro atoms. The highest BCUT2D eigenvalue weighted by Gasteiger charge is 2.22. The van der Waals surface area contributed by atoms with Crippen molar-refractivity contribution < 1.29 is 19.4 Å². The second kappa shape index (κ2) is 8.44. The van der Waals surface area contributed by atoms with Gasteiger partial charge in [-0.3, -0.25) is 4.79 Å². The van der Waals surface area contributed by atoms with Crippen LogP contribution in [-0.4, -0.2) is 62.0 Å². The van der Waals surface area contributed by atoms with E-state index >= 15 is 0 Å². The van der Waals surface area contributed by atoms with E-state index in [2.05, 4.69) is 0 Å². The van der Waals surface area contributed by atoms with Gasteiger partial charge in [0.1, 0.15) is 0 Å². The lowest BCUT2D eigenvalue weighted by molar-refractivity contribution is -0.134. The standard InChI is InChI=1S/C12H23NO4/c1-16-9-2-3-12(15)13-6-4-11(5-7-13)17-10-8-14/h11,14H,2-10H2,1H3. The smallest absolute Gasteiger partial charge is 0.222 e. The summed E-state index contributed by atoms with van der Waals surface area (Å²) in [5, 5.41) is 8.66. The fourth-order valence-electron chi connectivity index (χ4n) is 2.02. The van der Waals surface area contributed by atoms with Gasteiger partial charge in [-0.05, 0) is 19.3 Å². The second-order valence-corrected chi connectivity index (χ2v) is 4.27. The number of nitrogens with zero attached hydrogens (tertiary/aromatic N) is 1. The summed E-state index contributed by atoms with van der Waals surface area (Å²) in [5.41, 5.74) is 0. The minimum Gasteiger partial charge on any atom is -0.394 e. The van der Waals surface area contributed by atoms with Crippen molar-refractivity contribution in [1.29, 1.82) is 0 Å². The zero-order valence-electron chi connectivity index (χ0n) is 10.6. The molecule has 17 heavy (non-hydrogen) atoms. The van der Waals surface area contributed by atoms with Crippen LogP contribution in [0.5, 0.6) is 0 Å². The molecule has 5 heteroatoms. The quantitative estimate of drug-likeness (QED) is 0.660. The predicted molar refractivity (Wildman–Crippen MR) is 63.7 cm³/mol. The van der Waals surface area contributed by atoms with E-state index in [9.17, 15) is 4.79 Å². The Hall–Kier alpha value is -0.650. The minimum absolute atomic E-state index is 0.0656. The highest BCUT2D eigenvalue weighted by atomic mass is 16.5. The summed E-state index contributed by atoms with van der Waals surface area (Å²) in [7, 11) is 1.65. The number of aliphatic hydroxyl groups is 1. The maximum atomic E-state index is 11.8. The average Bonchev–Trinajstić information content (AvgIpc) is 2.37. The van der Waals surface area contributed by atoms with Crippen LogP contribution < -0.4 is 0 Å². The highest BCUT2D eigenvalue weighted by Crippen LogP contribution is 2.14. The summed E-state index contributed by atoms with van der Waals surface area (Å²) >= 11 is 0. The van der Waals surface area contributed by atoms with Gasteiger partial charge in [0.2, 0.25) is 5.91 Å². The zero-order chi connectivity index (χ0) is 12.5. The Labute approximate surface area is 103 Å². The summed E-state index contributed by atoms with van der Waals surface area (Å²) in [6, 6.07) is 0.